The first-order valence-corrected chi connectivity index (χ1v) is 8.92. The van der Waals surface area contributed by atoms with Crippen molar-refractivity contribution < 1.29 is 4.79 Å². The van der Waals surface area contributed by atoms with E-state index in [0.29, 0.717) is 6.04 Å². The molecule has 4 rings (SSSR count). The number of piperidine rings is 1. The first-order valence-electron chi connectivity index (χ1n) is 8.92. The van der Waals surface area contributed by atoms with Gasteiger partial charge in [0.05, 0.1) is 0 Å². The maximum absolute atomic E-state index is 12.0. The lowest BCUT2D eigenvalue weighted by Crippen LogP contribution is -2.29. The Morgan fingerprint density at radius 2 is 1.67 bits per heavy atom. The molecule has 1 saturated carbocycles. The maximum Gasteiger partial charge on any atom is 0.251 e. The lowest BCUT2D eigenvalue weighted by atomic mass is 10.1. The van der Waals surface area contributed by atoms with Crippen molar-refractivity contribution in [3.8, 4) is 11.1 Å². The Morgan fingerprint density at radius 1 is 0.958 bits per heavy atom. The van der Waals surface area contributed by atoms with Crippen LogP contribution in [-0.4, -0.2) is 30.0 Å². The van der Waals surface area contributed by atoms with Gasteiger partial charge in [0.25, 0.3) is 5.91 Å². The average Bonchev–Trinajstić information content (AvgIpc) is 3.47. The van der Waals surface area contributed by atoms with E-state index in [9.17, 15) is 4.79 Å². The van der Waals surface area contributed by atoms with Crippen molar-refractivity contribution in [1.29, 1.82) is 0 Å². The third-order valence-electron chi connectivity index (χ3n) is 4.82. The molecule has 1 aromatic carbocycles. The number of benzene rings is 1. The van der Waals surface area contributed by atoms with Crippen LogP contribution < -0.4 is 10.2 Å². The second-order valence-electron chi connectivity index (χ2n) is 6.78. The molecule has 1 aliphatic carbocycles. The van der Waals surface area contributed by atoms with E-state index in [1.54, 1.807) is 0 Å². The van der Waals surface area contributed by atoms with Crippen LogP contribution in [0.4, 0.5) is 5.82 Å². The molecule has 2 aliphatic rings. The molecular formula is C20H23N3O. The number of aromatic nitrogens is 1. The molecule has 1 N–H and O–H groups in total. The highest BCUT2D eigenvalue weighted by Gasteiger charge is 2.23. The Bertz CT molecular complexity index is 699. The van der Waals surface area contributed by atoms with E-state index in [4.69, 9.17) is 0 Å². The van der Waals surface area contributed by atoms with E-state index >= 15 is 0 Å². The second-order valence-corrected chi connectivity index (χ2v) is 6.78. The Hall–Kier alpha value is -2.36. The van der Waals surface area contributed by atoms with Crippen molar-refractivity contribution in [3.05, 3.63) is 48.2 Å². The standard InChI is InChI=1S/C20H23N3O/c24-20(22-18-9-10-18)16-6-4-15(5-7-16)17-8-11-19(21-14-17)23-12-2-1-3-13-23/h4-8,11,14,18H,1-3,9-10,12-13H2,(H,22,24). The molecule has 0 spiro atoms. The van der Waals surface area contributed by atoms with Gasteiger partial charge in [-0.05, 0) is 61.9 Å². The van der Waals surface area contributed by atoms with Crippen LogP contribution >= 0.6 is 0 Å². The molecule has 0 radical (unpaired) electrons. The normalized spacial score (nSPS) is 17.6. The van der Waals surface area contributed by atoms with Crippen molar-refractivity contribution in [1.82, 2.24) is 10.3 Å². The van der Waals surface area contributed by atoms with Crippen LogP contribution in [0.5, 0.6) is 0 Å². The molecule has 24 heavy (non-hydrogen) atoms. The summed E-state index contributed by atoms with van der Waals surface area (Å²) in [5, 5.41) is 3.02. The quantitative estimate of drug-likeness (QED) is 0.935. The number of amides is 1. The molecule has 0 unspecified atom stereocenters. The smallest absolute Gasteiger partial charge is 0.251 e. The van der Waals surface area contributed by atoms with Crippen molar-refractivity contribution >= 4 is 11.7 Å². The molecule has 2 fully saturated rings. The predicted octanol–water partition coefficient (Wildman–Crippen LogP) is 3.63. The van der Waals surface area contributed by atoms with Gasteiger partial charge in [0.15, 0.2) is 0 Å². The Labute approximate surface area is 142 Å². The number of anilines is 1. The lowest BCUT2D eigenvalue weighted by Gasteiger charge is -2.27. The molecule has 4 heteroatoms. The van der Waals surface area contributed by atoms with E-state index in [-0.39, 0.29) is 5.91 Å². The first-order chi connectivity index (χ1) is 11.8. The minimum absolute atomic E-state index is 0.0302. The van der Waals surface area contributed by atoms with Crippen LogP contribution in [0.2, 0.25) is 0 Å². The molecule has 0 atom stereocenters. The molecule has 1 saturated heterocycles. The van der Waals surface area contributed by atoms with Gasteiger partial charge in [-0.1, -0.05) is 12.1 Å². The summed E-state index contributed by atoms with van der Waals surface area (Å²) < 4.78 is 0. The zero-order valence-corrected chi connectivity index (χ0v) is 13.9. The van der Waals surface area contributed by atoms with Crippen molar-refractivity contribution in [2.75, 3.05) is 18.0 Å². The summed E-state index contributed by atoms with van der Waals surface area (Å²) in [5.41, 5.74) is 2.91. The summed E-state index contributed by atoms with van der Waals surface area (Å²) in [4.78, 5) is 19.0. The minimum atomic E-state index is 0.0302. The first kappa shape index (κ1) is 15.2. The fourth-order valence-electron chi connectivity index (χ4n) is 3.18. The number of hydrogen-bond donors (Lipinski definition) is 1. The van der Waals surface area contributed by atoms with E-state index in [1.165, 1.54) is 19.3 Å². The molecule has 1 aliphatic heterocycles. The topological polar surface area (TPSA) is 45.2 Å². The van der Waals surface area contributed by atoms with E-state index in [1.807, 2.05) is 30.5 Å². The molecule has 0 bridgehead atoms. The SMILES string of the molecule is O=C(NC1CC1)c1ccc(-c2ccc(N3CCCCC3)nc2)cc1. The van der Waals surface area contributed by atoms with Crippen LogP contribution in [0.3, 0.4) is 0 Å². The second kappa shape index (κ2) is 6.63. The summed E-state index contributed by atoms with van der Waals surface area (Å²) in [6.07, 6.45) is 8.00. The average molecular weight is 321 g/mol. The zero-order valence-electron chi connectivity index (χ0n) is 13.9. The summed E-state index contributed by atoms with van der Waals surface area (Å²) in [5.74, 6) is 1.10. The van der Waals surface area contributed by atoms with E-state index in [0.717, 1.165) is 48.4 Å². The Morgan fingerprint density at radius 3 is 2.29 bits per heavy atom. The predicted molar refractivity (Wildman–Crippen MR) is 96.2 cm³/mol. The largest absolute Gasteiger partial charge is 0.357 e. The van der Waals surface area contributed by atoms with Gasteiger partial charge in [0.2, 0.25) is 0 Å². The number of rotatable bonds is 4. The fourth-order valence-corrected chi connectivity index (χ4v) is 3.18. The Balaban J connectivity index is 1.45. The van der Waals surface area contributed by atoms with Crippen molar-refractivity contribution in [3.63, 3.8) is 0 Å². The summed E-state index contributed by atoms with van der Waals surface area (Å²) in [7, 11) is 0. The Kier molecular flexibility index (Phi) is 4.20. The minimum Gasteiger partial charge on any atom is -0.357 e. The van der Waals surface area contributed by atoms with Gasteiger partial charge in [-0.3, -0.25) is 4.79 Å². The third-order valence-corrected chi connectivity index (χ3v) is 4.82. The number of pyridine rings is 1. The van der Waals surface area contributed by atoms with Crippen LogP contribution in [-0.2, 0) is 0 Å². The summed E-state index contributed by atoms with van der Waals surface area (Å²) in [6, 6.07) is 12.4. The summed E-state index contributed by atoms with van der Waals surface area (Å²) in [6.45, 7) is 2.22. The fraction of sp³-hybridized carbons (Fsp3) is 0.400. The van der Waals surface area contributed by atoms with Gasteiger partial charge in [-0.2, -0.15) is 0 Å². The molecule has 1 amide bonds. The van der Waals surface area contributed by atoms with Crippen LogP contribution in [0, 0.1) is 0 Å². The van der Waals surface area contributed by atoms with Crippen LogP contribution in [0.1, 0.15) is 42.5 Å². The van der Waals surface area contributed by atoms with Gasteiger partial charge in [0, 0.05) is 36.5 Å². The maximum atomic E-state index is 12.0. The van der Waals surface area contributed by atoms with Gasteiger partial charge in [0.1, 0.15) is 5.82 Å². The number of nitrogens with one attached hydrogen (secondary N) is 1. The van der Waals surface area contributed by atoms with Gasteiger partial charge < -0.3 is 10.2 Å². The van der Waals surface area contributed by atoms with Crippen LogP contribution in [0.25, 0.3) is 11.1 Å². The molecule has 4 nitrogen and oxygen atoms in total. The zero-order chi connectivity index (χ0) is 16.4. The third kappa shape index (κ3) is 3.42. The van der Waals surface area contributed by atoms with Gasteiger partial charge in [-0.25, -0.2) is 4.98 Å². The monoisotopic (exact) mass is 321 g/mol. The molecule has 124 valence electrons. The highest BCUT2D eigenvalue weighted by molar-refractivity contribution is 5.95. The molecule has 2 heterocycles. The van der Waals surface area contributed by atoms with E-state index in [2.05, 4.69) is 27.3 Å². The number of nitrogens with zero attached hydrogens (tertiary/aromatic N) is 2. The van der Waals surface area contributed by atoms with Gasteiger partial charge in [-0.15, -0.1) is 0 Å². The number of carbonyl (C=O) groups is 1. The molecule has 1 aromatic heterocycles. The number of hydrogen-bond acceptors (Lipinski definition) is 3. The van der Waals surface area contributed by atoms with Gasteiger partial charge >= 0.3 is 0 Å². The highest BCUT2D eigenvalue weighted by Crippen LogP contribution is 2.24. The van der Waals surface area contributed by atoms with Crippen molar-refractivity contribution in [2.24, 2.45) is 0 Å². The van der Waals surface area contributed by atoms with E-state index < -0.39 is 0 Å². The van der Waals surface area contributed by atoms with Crippen molar-refractivity contribution in [2.45, 2.75) is 38.1 Å². The molecule has 2 aromatic rings. The highest BCUT2D eigenvalue weighted by atomic mass is 16.1. The molecular weight excluding hydrogens is 298 g/mol. The van der Waals surface area contributed by atoms with Crippen LogP contribution in [0.15, 0.2) is 42.6 Å². The lowest BCUT2D eigenvalue weighted by molar-refractivity contribution is 0.0951. The summed E-state index contributed by atoms with van der Waals surface area (Å²) >= 11 is 0. The number of carbonyl (C=O) groups excluding carboxylic acids is 1.